The van der Waals surface area contributed by atoms with Crippen molar-refractivity contribution in [3.8, 4) is 5.75 Å². The van der Waals surface area contributed by atoms with Gasteiger partial charge in [0.05, 0.1) is 11.4 Å². The lowest BCUT2D eigenvalue weighted by Crippen LogP contribution is -2.46. The van der Waals surface area contributed by atoms with Gasteiger partial charge in [0, 0.05) is 43.8 Å². The van der Waals surface area contributed by atoms with Crippen LogP contribution in [0.3, 0.4) is 0 Å². The van der Waals surface area contributed by atoms with Gasteiger partial charge in [-0.05, 0) is 51.0 Å². The molecule has 0 spiro atoms. The summed E-state index contributed by atoms with van der Waals surface area (Å²) in [6.07, 6.45) is 3.35. The molecule has 1 aromatic carbocycles. The van der Waals surface area contributed by atoms with Crippen molar-refractivity contribution in [2.45, 2.75) is 33.3 Å². The van der Waals surface area contributed by atoms with Gasteiger partial charge in [-0.15, -0.1) is 0 Å². The van der Waals surface area contributed by atoms with Crippen molar-refractivity contribution < 1.29 is 18.8 Å². The summed E-state index contributed by atoms with van der Waals surface area (Å²) in [6.45, 7) is 6.50. The number of hydrogen-bond acceptors (Lipinski definition) is 6. The second kappa shape index (κ2) is 9.80. The molecular weight excluding hydrogens is 408 g/mol. The van der Waals surface area contributed by atoms with Crippen LogP contribution in [0, 0.1) is 5.92 Å². The van der Waals surface area contributed by atoms with E-state index in [0.717, 1.165) is 23.7 Å². The lowest BCUT2D eigenvalue weighted by atomic mass is 9.96. The number of carbonyl (C=O) groups excluding carboxylic acids is 2. The Labute approximate surface area is 187 Å². The molecule has 3 heterocycles. The average Bonchev–Trinajstić information content (AvgIpc) is 3.32. The SMILES string of the molecule is CCN(CC)C(=O)[C@H]1CCCN(C(=O)c2cc(COc3ccc4ncccc4c3)on2)C1. The quantitative estimate of drug-likeness (QED) is 0.563. The number of hydrogen-bond donors (Lipinski definition) is 0. The first-order valence-corrected chi connectivity index (χ1v) is 11.1. The van der Waals surface area contributed by atoms with Crippen LogP contribution in [0.25, 0.3) is 10.9 Å². The largest absolute Gasteiger partial charge is 0.486 e. The molecule has 8 heteroatoms. The monoisotopic (exact) mass is 436 g/mol. The van der Waals surface area contributed by atoms with Crippen molar-refractivity contribution in [3.05, 3.63) is 54.0 Å². The predicted molar refractivity (Wildman–Crippen MR) is 119 cm³/mol. The molecule has 1 aliphatic rings. The number of aromatic nitrogens is 2. The summed E-state index contributed by atoms with van der Waals surface area (Å²) in [5.41, 5.74) is 1.13. The number of amides is 2. The first-order chi connectivity index (χ1) is 15.6. The number of carbonyl (C=O) groups is 2. The van der Waals surface area contributed by atoms with Gasteiger partial charge in [-0.3, -0.25) is 14.6 Å². The zero-order valence-electron chi connectivity index (χ0n) is 18.5. The molecule has 0 unspecified atom stereocenters. The molecule has 168 valence electrons. The lowest BCUT2D eigenvalue weighted by Gasteiger charge is -2.34. The molecule has 1 fully saturated rings. The Bertz CT molecular complexity index is 1090. The van der Waals surface area contributed by atoms with Gasteiger partial charge in [0.1, 0.15) is 12.4 Å². The molecular formula is C24H28N4O4. The highest BCUT2D eigenvalue weighted by Crippen LogP contribution is 2.22. The smallest absolute Gasteiger partial charge is 0.276 e. The van der Waals surface area contributed by atoms with Crippen LogP contribution < -0.4 is 4.74 Å². The summed E-state index contributed by atoms with van der Waals surface area (Å²) in [5, 5.41) is 4.92. The van der Waals surface area contributed by atoms with Gasteiger partial charge in [-0.2, -0.15) is 0 Å². The minimum absolute atomic E-state index is 0.118. The van der Waals surface area contributed by atoms with E-state index in [-0.39, 0.29) is 30.0 Å². The van der Waals surface area contributed by atoms with Crippen LogP contribution in [0.1, 0.15) is 42.9 Å². The minimum atomic E-state index is -0.214. The summed E-state index contributed by atoms with van der Waals surface area (Å²) < 4.78 is 11.1. The Hall–Kier alpha value is -3.42. The average molecular weight is 437 g/mol. The highest BCUT2D eigenvalue weighted by Gasteiger charge is 2.31. The third-order valence-electron chi connectivity index (χ3n) is 5.87. The van der Waals surface area contributed by atoms with Crippen LogP contribution in [-0.4, -0.2) is 57.9 Å². The zero-order chi connectivity index (χ0) is 22.5. The van der Waals surface area contributed by atoms with Gasteiger partial charge in [0.25, 0.3) is 5.91 Å². The van der Waals surface area contributed by atoms with E-state index in [1.165, 1.54) is 0 Å². The van der Waals surface area contributed by atoms with Crippen LogP contribution in [0.2, 0.25) is 0 Å². The number of likely N-dealkylation sites (tertiary alicyclic amines) is 1. The topological polar surface area (TPSA) is 88.8 Å². The first kappa shape index (κ1) is 21.8. The second-order valence-corrected chi connectivity index (χ2v) is 7.93. The fourth-order valence-corrected chi connectivity index (χ4v) is 4.10. The number of pyridine rings is 1. The molecule has 2 amide bonds. The Kier molecular flexibility index (Phi) is 6.68. The Morgan fingerprint density at radius 1 is 1.22 bits per heavy atom. The second-order valence-electron chi connectivity index (χ2n) is 7.93. The molecule has 0 radical (unpaired) electrons. The summed E-state index contributed by atoms with van der Waals surface area (Å²) in [5.74, 6) is 0.891. The molecule has 4 rings (SSSR count). The van der Waals surface area contributed by atoms with Gasteiger partial charge in [0.2, 0.25) is 5.91 Å². The first-order valence-electron chi connectivity index (χ1n) is 11.1. The predicted octanol–water partition coefficient (Wildman–Crippen LogP) is 3.52. The Balaban J connectivity index is 1.37. The number of benzene rings is 1. The Morgan fingerprint density at radius 3 is 2.88 bits per heavy atom. The zero-order valence-corrected chi connectivity index (χ0v) is 18.5. The van der Waals surface area contributed by atoms with E-state index in [4.69, 9.17) is 9.26 Å². The summed E-state index contributed by atoms with van der Waals surface area (Å²) in [6, 6.07) is 11.1. The van der Waals surface area contributed by atoms with Crippen molar-refractivity contribution in [1.29, 1.82) is 0 Å². The van der Waals surface area contributed by atoms with Crippen molar-refractivity contribution in [3.63, 3.8) is 0 Å². The molecule has 0 bridgehead atoms. The summed E-state index contributed by atoms with van der Waals surface area (Å²) in [7, 11) is 0. The lowest BCUT2D eigenvalue weighted by molar-refractivity contribution is -0.136. The van der Waals surface area contributed by atoms with E-state index in [1.807, 2.05) is 49.1 Å². The van der Waals surface area contributed by atoms with E-state index in [9.17, 15) is 9.59 Å². The van der Waals surface area contributed by atoms with Gasteiger partial charge in [0.15, 0.2) is 11.5 Å². The van der Waals surface area contributed by atoms with E-state index in [0.29, 0.717) is 37.7 Å². The number of piperidine rings is 1. The molecule has 1 aliphatic heterocycles. The van der Waals surface area contributed by atoms with Crippen molar-refractivity contribution in [2.75, 3.05) is 26.2 Å². The molecule has 0 N–H and O–H groups in total. The highest BCUT2D eigenvalue weighted by molar-refractivity contribution is 5.93. The number of rotatable bonds is 7. The Morgan fingerprint density at radius 2 is 2.06 bits per heavy atom. The van der Waals surface area contributed by atoms with Gasteiger partial charge >= 0.3 is 0 Å². The maximum atomic E-state index is 12.9. The summed E-state index contributed by atoms with van der Waals surface area (Å²) >= 11 is 0. The van der Waals surface area contributed by atoms with Crippen LogP contribution in [0.15, 0.2) is 47.1 Å². The van der Waals surface area contributed by atoms with Gasteiger partial charge in [-0.1, -0.05) is 11.2 Å². The van der Waals surface area contributed by atoms with Crippen molar-refractivity contribution >= 4 is 22.7 Å². The third kappa shape index (κ3) is 4.74. The van der Waals surface area contributed by atoms with E-state index >= 15 is 0 Å². The number of fused-ring (bicyclic) bond motifs is 1. The maximum absolute atomic E-state index is 12.9. The van der Waals surface area contributed by atoms with Crippen LogP contribution >= 0.6 is 0 Å². The normalized spacial score (nSPS) is 16.2. The maximum Gasteiger partial charge on any atom is 0.276 e. The van der Waals surface area contributed by atoms with Gasteiger partial charge in [-0.25, -0.2) is 0 Å². The summed E-state index contributed by atoms with van der Waals surface area (Å²) in [4.78, 5) is 33.5. The third-order valence-corrected chi connectivity index (χ3v) is 5.87. The fraction of sp³-hybridized carbons (Fsp3) is 0.417. The molecule has 1 atom stereocenters. The van der Waals surface area contributed by atoms with Crippen LogP contribution in [0.5, 0.6) is 5.75 Å². The van der Waals surface area contributed by atoms with Crippen LogP contribution in [0.4, 0.5) is 0 Å². The van der Waals surface area contributed by atoms with Crippen molar-refractivity contribution in [1.82, 2.24) is 19.9 Å². The molecule has 1 saturated heterocycles. The molecule has 0 aliphatic carbocycles. The van der Waals surface area contributed by atoms with E-state index in [2.05, 4.69) is 10.1 Å². The number of ether oxygens (including phenoxy) is 1. The minimum Gasteiger partial charge on any atom is -0.486 e. The van der Waals surface area contributed by atoms with Crippen LogP contribution in [-0.2, 0) is 11.4 Å². The van der Waals surface area contributed by atoms with Gasteiger partial charge < -0.3 is 19.1 Å². The highest BCUT2D eigenvalue weighted by atomic mass is 16.5. The van der Waals surface area contributed by atoms with E-state index < -0.39 is 0 Å². The number of nitrogens with zero attached hydrogens (tertiary/aromatic N) is 4. The molecule has 3 aromatic rings. The molecule has 0 saturated carbocycles. The molecule has 32 heavy (non-hydrogen) atoms. The fourth-order valence-electron chi connectivity index (χ4n) is 4.10. The molecule has 2 aromatic heterocycles. The standard InChI is InChI=1S/C24H28N4O4/c1-3-27(4-2)23(29)18-8-6-12-28(15-18)24(30)22-14-20(32-26-22)16-31-19-9-10-21-17(13-19)7-5-11-25-21/h5,7,9-11,13-14,18H,3-4,6,8,12,15-16H2,1-2H3/t18-/m0/s1. The molecule has 8 nitrogen and oxygen atoms in total. The van der Waals surface area contributed by atoms with E-state index in [1.54, 1.807) is 17.2 Å². The van der Waals surface area contributed by atoms with Crippen molar-refractivity contribution in [2.24, 2.45) is 5.92 Å².